The van der Waals surface area contributed by atoms with E-state index in [9.17, 15) is 5.11 Å². The van der Waals surface area contributed by atoms with Crippen molar-refractivity contribution >= 4 is 0 Å². The lowest BCUT2D eigenvalue weighted by atomic mass is 9.92. The fourth-order valence-electron chi connectivity index (χ4n) is 2.86. The van der Waals surface area contributed by atoms with Crippen molar-refractivity contribution in [3.05, 3.63) is 0 Å². The third kappa shape index (κ3) is 7.05. The van der Waals surface area contributed by atoms with Crippen LogP contribution in [0.1, 0.15) is 78.1 Å². The first kappa shape index (κ1) is 15.0. The minimum absolute atomic E-state index is 0.0574. The maximum atomic E-state index is 9.63. The standard InChI is InChI=1S/C15H31NO/c1-3-4-5-6-7-9-13(2)16-14-10-8-11-15(17)12-14/h13-17H,3-12H2,1-2H3. The van der Waals surface area contributed by atoms with Crippen LogP contribution in [0.4, 0.5) is 0 Å². The van der Waals surface area contributed by atoms with Gasteiger partial charge in [-0.1, -0.05) is 39.0 Å². The van der Waals surface area contributed by atoms with E-state index in [1.807, 2.05) is 0 Å². The quantitative estimate of drug-likeness (QED) is 0.636. The van der Waals surface area contributed by atoms with Gasteiger partial charge in [0.25, 0.3) is 0 Å². The van der Waals surface area contributed by atoms with E-state index in [-0.39, 0.29) is 6.10 Å². The molecule has 2 N–H and O–H groups in total. The fourth-order valence-corrected chi connectivity index (χ4v) is 2.86. The summed E-state index contributed by atoms with van der Waals surface area (Å²) in [5, 5.41) is 13.3. The van der Waals surface area contributed by atoms with Gasteiger partial charge in [-0.25, -0.2) is 0 Å². The van der Waals surface area contributed by atoms with Gasteiger partial charge in [0, 0.05) is 12.1 Å². The predicted molar refractivity (Wildman–Crippen MR) is 74.2 cm³/mol. The molecular weight excluding hydrogens is 210 g/mol. The highest BCUT2D eigenvalue weighted by atomic mass is 16.3. The molecule has 3 unspecified atom stereocenters. The van der Waals surface area contributed by atoms with Crippen molar-refractivity contribution in [1.82, 2.24) is 5.32 Å². The van der Waals surface area contributed by atoms with E-state index in [1.54, 1.807) is 0 Å². The molecular formula is C15H31NO. The second-order valence-corrected chi connectivity index (χ2v) is 5.79. The summed E-state index contributed by atoms with van der Waals surface area (Å²) in [6.45, 7) is 4.55. The molecule has 0 heterocycles. The number of hydrogen-bond donors (Lipinski definition) is 2. The molecule has 0 radical (unpaired) electrons. The van der Waals surface area contributed by atoms with Crippen molar-refractivity contribution in [2.75, 3.05) is 0 Å². The highest BCUT2D eigenvalue weighted by Crippen LogP contribution is 2.19. The van der Waals surface area contributed by atoms with Gasteiger partial charge in [-0.3, -0.25) is 0 Å². The fraction of sp³-hybridized carbons (Fsp3) is 1.00. The van der Waals surface area contributed by atoms with E-state index < -0.39 is 0 Å². The Morgan fingerprint density at radius 1 is 1.18 bits per heavy atom. The number of rotatable bonds is 8. The zero-order valence-corrected chi connectivity index (χ0v) is 11.8. The average Bonchev–Trinajstić information content (AvgIpc) is 2.29. The van der Waals surface area contributed by atoms with Crippen LogP contribution in [0.3, 0.4) is 0 Å². The van der Waals surface area contributed by atoms with Crippen molar-refractivity contribution < 1.29 is 5.11 Å². The van der Waals surface area contributed by atoms with Crippen LogP contribution in [0.15, 0.2) is 0 Å². The Morgan fingerprint density at radius 2 is 1.94 bits per heavy atom. The van der Waals surface area contributed by atoms with Gasteiger partial charge in [0.15, 0.2) is 0 Å². The molecule has 3 atom stereocenters. The predicted octanol–water partition coefficient (Wildman–Crippen LogP) is 3.63. The average molecular weight is 241 g/mol. The molecule has 1 saturated carbocycles. The zero-order valence-electron chi connectivity index (χ0n) is 11.8. The molecule has 0 bridgehead atoms. The van der Waals surface area contributed by atoms with E-state index in [0.29, 0.717) is 12.1 Å². The summed E-state index contributed by atoms with van der Waals surface area (Å²) in [5.74, 6) is 0. The Morgan fingerprint density at radius 3 is 2.65 bits per heavy atom. The summed E-state index contributed by atoms with van der Waals surface area (Å²) in [6.07, 6.45) is 12.5. The van der Waals surface area contributed by atoms with Crippen LogP contribution < -0.4 is 5.32 Å². The molecule has 0 spiro atoms. The van der Waals surface area contributed by atoms with Crippen molar-refractivity contribution in [2.24, 2.45) is 0 Å². The second-order valence-electron chi connectivity index (χ2n) is 5.79. The maximum Gasteiger partial charge on any atom is 0.0555 e. The number of hydrogen-bond acceptors (Lipinski definition) is 2. The topological polar surface area (TPSA) is 32.3 Å². The Hall–Kier alpha value is -0.0800. The Bertz CT molecular complexity index is 184. The molecule has 0 saturated heterocycles. The number of unbranched alkanes of at least 4 members (excludes halogenated alkanes) is 4. The van der Waals surface area contributed by atoms with Gasteiger partial charge < -0.3 is 10.4 Å². The first-order chi connectivity index (χ1) is 8.22. The smallest absolute Gasteiger partial charge is 0.0555 e. The number of nitrogens with one attached hydrogen (secondary N) is 1. The highest BCUT2D eigenvalue weighted by molar-refractivity contribution is 4.79. The Balaban J connectivity index is 2.01. The van der Waals surface area contributed by atoms with Crippen molar-refractivity contribution in [1.29, 1.82) is 0 Å². The van der Waals surface area contributed by atoms with Gasteiger partial charge in [-0.2, -0.15) is 0 Å². The first-order valence-corrected chi connectivity index (χ1v) is 7.66. The third-order valence-electron chi connectivity index (χ3n) is 3.91. The largest absolute Gasteiger partial charge is 0.393 e. The van der Waals surface area contributed by atoms with Crippen LogP contribution in [-0.4, -0.2) is 23.3 Å². The van der Waals surface area contributed by atoms with E-state index in [1.165, 1.54) is 51.4 Å². The van der Waals surface area contributed by atoms with Gasteiger partial charge in [0.05, 0.1) is 6.10 Å². The molecule has 1 aliphatic carbocycles. The van der Waals surface area contributed by atoms with Crippen LogP contribution in [0.5, 0.6) is 0 Å². The minimum atomic E-state index is -0.0574. The van der Waals surface area contributed by atoms with Crippen molar-refractivity contribution in [3.63, 3.8) is 0 Å². The number of aliphatic hydroxyl groups excluding tert-OH is 1. The summed E-state index contributed by atoms with van der Waals surface area (Å²) >= 11 is 0. The molecule has 0 aliphatic heterocycles. The van der Waals surface area contributed by atoms with Gasteiger partial charge in [0.2, 0.25) is 0 Å². The Labute approximate surface area is 107 Å². The maximum absolute atomic E-state index is 9.63. The normalized spacial score (nSPS) is 27.0. The van der Waals surface area contributed by atoms with Crippen LogP contribution >= 0.6 is 0 Å². The van der Waals surface area contributed by atoms with E-state index in [0.717, 1.165) is 12.8 Å². The first-order valence-electron chi connectivity index (χ1n) is 7.66. The molecule has 0 aromatic carbocycles. The Kier molecular flexibility index (Phi) is 7.87. The number of aliphatic hydroxyl groups is 1. The summed E-state index contributed by atoms with van der Waals surface area (Å²) in [7, 11) is 0. The zero-order chi connectivity index (χ0) is 12.5. The van der Waals surface area contributed by atoms with Crippen LogP contribution in [-0.2, 0) is 0 Å². The SMILES string of the molecule is CCCCCCCC(C)NC1CCCC(O)C1. The summed E-state index contributed by atoms with van der Waals surface area (Å²) in [5.41, 5.74) is 0. The molecule has 0 amide bonds. The van der Waals surface area contributed by atoms with E-state index in [4.69, 9.17) is 0 Å². The van der Waals surface area contributed by atoms with E-state index >= 15 is 0 Å². The molecule has 1 aliphatic rings. The summed E-state index contributed by atoms with van der Waals surface area (Å²) in [4.78, 5) is 0. The van der Waals surface area contributed by atoms with Crippen molar-refractivity contribution in [2.45, 2.75) is 96.2 Å². The summed E-state index contributed by atoms with van der Waals surface area (Å²) in [6, 6.07) is 1.18. The lowest BCUT2D eigenvalue weighted by molar-refractivity contribution is 0.109. The lowest BCUT2D eigenvalue weighted by Crippen LogP contribution is -2.40. The molecule has 1 rings (SSSR count). The summed E-state index contributed by atoms with van der Waals surface area (Å²) < 4.78 is 0. The highest BCUT2D eigenvalue weighted by Gasteiger charge is 2.20. The third-order valence-corrected chi connectivity index (χ3v) is 3.91. The van der Waals surface area contributed by atoms with E-state index in [2.05, 4.69) is 19.2 Å². The second kappa shape index (κ2) is 8.93. The monoisotopic (exact) mass is 241 g/mol. The molecule has 1 fully saturated rings. The minimum Gasteiger partial charge on any atom is -0.393 e. The van der Waals surface area contributed by atoms with Crippen molar-refractivity contribution in [3.8, 4) is 0 Å². The lowest BCUT2D eigenvalue weighted by Gasteiger charge is -2.29. The van der Waals surface area contributed by atoms with Crippen LogP contribution in [0.25, 0.3) is 0 Å². The molecule has 0 aromatic rings. The molecule has 2 nitrogen and oxygen atoms in total. The van der Waals surface area contributed by atoms with Gasteiger partial charge in [0.1, 0.15) is 0 Å². The van der Waals surface area contributed by atoms with Crippen LogP contribution in [0.2, 0.25) is 0 Å². The molecule has 2 heteroatoms. The molecule has 0 aromatic heterocycles. The van der Waals surface area contributed by atoms with Gasteiger partial charge in [-0.05, 0) is 39.0 Å². The van der Waals surface area contributed by atoms with Gasteiger partial charge >= 0.3 is 0 Å². The molecule has 102 valence electrons. The molecule has 17 heavy (non-hydrogen) atoms. The van der Waals surface area contributed by atoms with Gasteiger partial charge in [-0.15, -0.1) is 0 Å². The van der Waals surface area contributed by atoms with Crippen LogP contribution in [0, 0.1) is 0 Å².